The Bertz CT molecular complexity index is 352. The summed E-state index contributed by atoms with van der Waals surface area (Å²) < 4.78 is 5.14. The fraction of sp³-hybridized carbons (Fsp3) is 0.900. The van der Waals surface area contributed by atoms with Gasteiger partial charge in [-0.2, -0.15) is 0 Å². The second-order valence-corrected chi connectivity index (χ2v) is 7.18. The van der Waals surface area contributed by atoms with Crippen LogP contribution in [0.2, 0.25) is 0 Å². The Labute approximate surface area is 156 Å². The number of morpholine rings is 1. The third kappa shape index (κ3) is 10.5. The normalized spacial score (nSPS) is 14.1. The van der Waals surface area contributed by atoms with Crippen LogP contribution in [0.15, 0.2) is 0 Å². The number of nitrogens with zero attached hydrogens (tertiary/aromatic N) is 2. The van der Waals surface area contributed by atoms with E-state index in [9.17, 15) is 9.59 Å². The highest BCUT2D eigenvalue weighted by atomic mass is 16.5. The lowest BCUT2D eigenvalue weighted by atomic mass is 10.1. The standard InChI is InChI=1S/C10H21NO.C8H15NO2.C2H6/c1-7(2)10(12)11(8(3)4)9(5)6;1-7(2)8(10)9-3-5-11-6-4-9;1-2/h7-9H,1-6H3;7H,3-6H2,1-2H3;1-2H3. The van der Waals surface area contributed by atoms with Gasteiger partial charge in [0, 0.05) is 37.0 Å². The van der Waals surface area contributed by atoms with Crippen molar-refractivity contribution in [2.45, 2.75) is 81.3 Å². The number of hydrogen-bond donors (Lipinski definition) is 0. The van der Waals surface area contributed by atoms with E-state index in [4.69, 9.17) is 4.74 Å². The molecule has 1 saturated heterocycles. The molecule has 5 heteroatoms. The first kappa shape index (κ1) is 26.1. The average molecular weight is 359 g/mol. The summed E-state index contributed by atoms with van der Waals surface area (Å²) >= 11 is 0. The first-order valence-electron chi connectivity index (χ1n) is 9.78. The van der Waals surface area contributed by atoms with Crippen LogP contribution in [-0.2, 0) is 14.3 Å². The van der Waals surface area contributed by atoms with Crippen LogP contribution in [0.1, 0.15) is 69.2 Å². The topological polar surface area (TPSA) is 49.9 Å². The van der Waals surface area contributed by atoms with Crippen molar-refractivity contribution in [2.75, 3.05) is 26.3 Å². The number of hydrogen-bond acceptors (Lipinski definition) is 3. The summed E-state index contributed by atoms with van der Waals surface area (Å²) in [7, 11) is 0. The lowest BCUT2D eigenvalue weighted by molar-refractivity contribution is -0.139. The maximum absolute atomic E-state index is 11.7. The van der Waals surface area contributed by atoms with E-state index in [1.807, 2.05) is 51.3 Å². The first-order valence-corrected chi connectivity index (χ1v) is 9.78. The molecule has 5 nitrogen and oxygen atoms in total. The first-order chi connectivity index (χ1) is 11.6. The lowest BCUT2D eigenvalue weighted by Gasteiger charge is -2.32. The number of ether oxygens (including phenoxy) is 1. The molecule has 1 heterocycles. The molecule has 0 bridgehead atoms. The van der Waals surface area contributed by atoms with Gasteiger partial charge in [-0.3, -0.25) is 9.59 Å². The van der Waals surface area contributed by atoms with Crippen molar-refractivity contribution in [1.29, 1.82) is 0 Å². The molecule has 0 radical (unpaired) electrons. The summed E-state index contributed by atoms with van der Waals surface area (Å²) in [5, 5.41) is 0. The van der Waals surface area contributed by atoms with Gasteiger partial charge in [0.2, 0.25) is 11.8 Å². The van der Waals surface area contributed by atoms with E-state index in [-0.39, 0.29) is 23.7 Å². The van der Waals surface area contributed by atoms with Crippen molar-refractivity contribution in [3.8, 4) is 0 Å². The largest absolute Gasteiger partial charge is 0.378 e. The van der Waals surface area contributed by atoms with E-state index in [1.165, 1.54) is 0 Å². The van der Waals surface area contributed by atoms with Crippen LogP contribution in [0, 0.1) is 11.8 Å². The molecule has 1 aliphatic heterocycles. The van der Waals surface area contributed by atoms with Gasteiger partial charge in [0.25, 0.3) is 0 Å². The molecule has 1 rings (SSSR count). The number of carbonyl (C=O) groups excluding carboxylic acids is 2. The molecule has 150 valence electrons. The van der Waals surface area contributed by atoms with E-state index < -0.39 is 0 Å². The van der Waals surface area contributed by atoms with Crippen molar-refractivity contribution in [2.24, 2.45) is 11.8 Å². The molecule has 0 aromatic rings. The van der Waals surface area contributed by atoms with Gasteiger partial charge in [-0.15, -0.1) is 0 Å². The van der Waals surface area contributed by atoms with Crippen LogP contribution >= 0.6 is 0 Å². The molecule has 1 fully saturated rings. The summed E-state index contributed by atoms with van der Waals surface area (Å²) in [5.74, 6) is 0.719. The van der Waals surface area contributed by atoms with Crippen LogP contribution in [0.5, 0.6) is 0 Å². The zero-order valence-electron chi connectivity index (χ0n) is 18.3. The highest BCUT2D eigenvalue weighted by Gasteiger charge is 2.22. The van der Waals surface area contributed by atoms with E-state index in [0.717, 1.165) is 13.1 Å². The van der Waals surface area contributed by atoms with Crippen LogP contribution in [-0.4, -0.2) is 60.0 Å². The molecule has 0 N–H and O–H groups in total. The molecule has 0 unspecified atom stereocenters. The Balaban J connectivity index is 0. The fourth-order valence-electron chi connectivity index (χ4n) is 2.55. The highest BCUT2D eigenvalue weighted by Crippen LogP contribution is 2.10. The molecule has 0 aromatic carbocycles. The molecule has 0 saturated carbocycles. The minimum atomic E-state index is 0.106. The Kier molecular flexibility index (Phi) is 14.7. The molecule has 0 aliphatic carbocycles. The minimum Gasteiger partial charge on any atom is -0.378 e. The third-order valence-corrected chi connectivity index (χ3v) is 3.68. The van der Waals surface area contributed by atoms with Crippen molar-refractivity contribution in [3.63, 3.8) is 0 Å². The molecule has 0 aromatic heterocycles. The molecule has 0 atom stereocenters. The van der Waals surface area contributed by atoms with Gasteiger partial charge in [-0.1, -0.05) is 41.5 Å². The van der Waals surface area contributed by atoms with Crippen molar-refractivity contribution >= 4 is 11.8 Å². The van der Waals surface area contributed by atoms with Gasteiger partial charge in [0.15, 0.2) is 0 Å². The van der Waals surface area contributed by atoms with Crippen LogP contribution in [0.4, 0.5) is 0 Å². The molecule has 1 aliphatic rings. The summed E-state index contributed by atoms with van der Waals surface area (Å²) in [4.78, 5) is 26.8. The minimum absolute atomic E-state index is 0.106. The lowest BCUT2D eigenvalue weighted by Crippen LogP contribution is -2.44. The Morgan fingerprint density at radius 3 is 1.44 bits per heavy atom. The summed E-state index contributed by atoms with van der Waals surface area (Å²) in [6, 6.07) is 0.611. The molecular weight excluding hydrogens is 316 g/mol. The van der Waals surface area contributed by atoms with Crippen molar-refractivity contribution in [3.05, 3.63) is 0 Å². The summed E-state index contributed by atoms with van der Waals surface area (Å²) in [6.07, 6.45) is 0. The zero-order chi connectivity index (χ0) is 20.2. The Morgan fingerprint density at radius 2 is 1.20 bits per heavy atom. The second-order valence-electron chi connectivity index (χ2n) is 7.18. The second kappa shape index (κ2) is 14.1. The van der Waals surface area contributed by atoms with Gasteiger partial charge in [0.05, 0.1) is 13.2 Å². The van der Waals surface area contributed by atoms with Gasteiger partial charge >= 0.3 is 0 Å². The summed E-state index contributed by atoms with van der Waals surface area (Å²) in [6.45, 7) is 22.9. The SMILES string of the molecule is CC.CC(C)C(=O)N(C(C)C)C(C)C.CC(C)C(=O)N1CCOCC1. The van der Waals surface area contributed by atoms with Crippen molar-refractivity contribution in [1.82, 2.24) is 9.80 Å². The predicted molar refractivity (Wildman–Crippen MR) is 106 cm³/mol. The highest BCUT2D eigenvalue weighted by molar-refractivity contribution is 5.78. The Morgan fingerprint density at radius 1 is 0.800 bits per heavy atom. The number of amides is 2. The van der Waals surface area contributed by atoms with Crippen LogP contribution < -0.4 is 0 Å². The molecular formula is C20H42N2O3. The third-order valence-electron chi connectivity index (χ3n) is 3.68. The monoisotopic (exact) mass is 358 g/mol. The number of rotatable bonds is 4. The average Bonchev–Trinajstić information content (AvgIpc) is 2.56. The summed E-state index contributed by atoms with van der Waals surface area (Å²) in [5.41, 5.74) is 0. The van der Waals surface area contributed by atoms with Gasteiger partial charge in [-0.25, -0.2) is 0 Å². The smallest absolute Gasteiger partial charge is 0.225 e. The zero-order valence-corrected chi connectivity index (χ0v) is 18.3. The quantitative estimate of drug-likeness (QED) is 0.768. The van der Waals surface area contributed by atoms with Crippen molar-refractivity contribution < 1.29 is 14.3 Å². The number of carbonyl (C=O) groups is 2. The van der Waals surface area contributed by atoms with E-state index in [2.05, 4.69) is 27.7 Å². The van der Waals surface area contributed by atoms with E-state index in [1.54, 1.807) is 0 Å². The van der Waals surface area contributed by atoms with Crippen LogP contribution in [0.3, 0.4) is 0 Å². The van der Waals surface area contributed by atoms with E-state index >= 15 is 0 Å². The van der Waals surface area contributed by atoms with E-state index in [0.29, 0.717) is 25.3 Å². The Hall–Kier alpha value is -1.10. The molecule has 2 amide bonds. The fourth-order valence-corrected chi connectivity index (χ4v) is 2.55. The van der Waals surface area contributed by atoms with Gasteiger partial charge in [-0.05, 0) is 27.7 Å². The maximum atomic E-state index is 11.7. The molecule has 25 heavy (non-hydrogen) atoms. The van der Waals surface area contributed by atoms with Gasteiger partial charge < -0.3 is 14.5 Å². The maximum Gasteiger partial charge on any atom is 0.225 e. The van der Waals surface area contributed by atoms with Gasteiger partial charge in [0.1, 0.15) is 0 Å². The van der Waals surface area contributed by atoms with Crippen LogP contribution in [0.25, 0.3) is 0 Å². The predicted octanol–water partition coefficient (Wildman–Crippen LogP) is 3.82. The molecule has 0 spiro atoms.